The minimum absolute atomic E-state index is 0.0231. The Morgan fingerprint density at radius 2 is 2.29 bits per heavy atom. The van der Waals surface area contributed by atoms with E-state index in [2.05, 4.69) is 15.5 Å². The van der Waals surface area contributed by atoms with Crippen molar-refractivity contribution in [2.75, 3.05) is 16.8 Å². The van der Waals surface area contributed by atoms with Crippen LogP contribution in [0.4, 0.5) is 15.8 Å². The summed E-state index contributed by atoms with van der Waals surface area (Å²) in [7, 11) is 0. The summed E-state index contributed by atoms with van der Waals surface area (Å²) in [5, 5.41) is 11.6. The summed E-state index contributed by atoms with van der Waals surface area (Å²) in [6, 6.07) is 4.13. The molecular formula is C13H15FN4OS2. The van der Waals surface area contributed by atoms with Crippen LogP contribution in [0.2, 0.25) is 0 Å². The van der Waals surface area contributed by atoms with Crippen molar-refractivity contribution in [3.8, 4) is 0 Å². The first kappa shape index (κ1) is 15.7. The predicted octanol–water partition coefficient (Wildman–Crippen LogP) is 3.08. The Bertz CT molecular complexity index is 632. The average molecular weight is 326 g/mol. The molecule has 2 aromatic rings. The lowest BCUT2D eigenvalue weighted by atomic mass is 10.2. The van der Waals surface area contributed by atoms with Crippen molar-refractivity contribution >= 4 is 40.4 Å². The third-order valence-corrected chi connectivity index (χ3v) is 4.62. The molecule has 0 aliphatic carbocycles. The summed E-state index contributed by atoms with van der Waals surface area (Å²) >= 11 is 3.13. The van der Waals surface area contributed by atoms with Crippen LogP contribution in [-0.4, -0.2) is 21.9 Å². The van der Waals surface area contributed by atoms with Gasteiger partial charge in [0, 0.05) is 17.9 Å². The van der Waals surface area contributed by atoms with Gasteiger partial charge in [0.25, 0.3) is 0 Å². The molecule has 0 atom stereocenters. The number of aromatic nitrogens is 2. The Labute approximate surface area is 130 Å². The van der Waals surface area contributed by atoms with Crippen LogP contribution in [0.1, 0.15) is 17.8 Å². The lowest BCUT2D eigenvalue weighted by molar-refractivity contribution is -0.116. The number of hydrogen-bond donors (Lipinski definition) is 2. The maximum absolute atomic E-state index is 13.0. The molecule has 112 valence electrons. The fraction of sp³-hybridized carbons (Fsp3) is 0.308. The van der Waals surface area contributed by atoms with E-state index < -0.39 is 5.82 Å². The predicted molar refractivity (Wildman–Crippen MR) is 84.0 cm³/mol. The molecule has 0 radical (unpaired) electrons. The number of carbonyl (C=O) groups is 1. The number of thioether (sulfide) groups is 1. The van der Waals surface area contributed by atoms with E-state index in [0.717, 1.165) is 21.5 Å². The van der Waals surface area contributed by atoms with Crippen molar-refractivity contribution in [1.82, 2.24) is 10.2 Å². The van der Waals surface area contributed by atoms with E-state index >= 15 is 0 Å². The summed E-state index contributed by atoms with van der Waals surface area (Å²) in [6.45, 7) is 1.91. The average Bonchev–Trinajstić information content (AvgIpc) is 2.85. The Hall–Kier alpha value is -1.67. The second kappa shape index (κ2) is 7.37. The molecule has 0 aliphatic rings. The number of halogens is 1. The minimum Gasteiger partial charge on any atom is -0.396 e. The monoisotopic (exact) mass is 326 g/mol. The van der Waals surface area contributed by atoms with E-state index in [1.807, 2.05) is 6.92 Å². The normalized spacial score (nSPS) is 10.6. The van der Waals surface area contributed by atoms with Crippen LogP contribution >= 0.6 is 23.1 Å². The molecule has 0 aliphatic heterocycles. The third-order valence-electron chi connectivity index (χ3n) is 2.56. The van der Waals surface area contributed by atoms with Gasteiger partial charge in [0.05, 0.1) is 5.69 Å². The highest BCUT2D eigenvalue weighted by atomic mass is 32.2. The highest BCUT2D eigenvalue weighted by Crippen LogP contribution is 2.23. The highest BCUT2D eigenvalue weighted by molar-refractivity contribution is 8.01. The summed E-state index contributed by atoms with van der Waals surface area (Å²) in [4.78, 5) is 11.7. The number of hydrogen-bond acceptors (Lipinski definition) is 6. The Morgan fingerprint density at radius 3 is 2.95 bits per heavy atom. The zero-order valence-electron chi connectivity index (χ0n) is 11.4. The van der Waals surface area contributed by atoms with Crippen LogP contribution in [0, 0.1) is 12.7 Å². The maximum Gasteiger partial charge on any atom is 0.224 e. The fourth-order valence-corrected chi connectivity index (χ4v) is 3.40. The van der Waals surface area contributed by atoms with Crippen molar-refractivity contribution in [3.05, 3.63) is 29.0 Å². The van der Waals surface area contributed by atoms with Crippen molar-refractivity contribution < 1.29 is 9.18 Å². The lowest BCUT2D eigenvalue weighted by Gasteiger charge is -2.06. The number of nitrogens with zero attached hydrogens (tertiary/aromatic N) is 2. The van der Waals surface area contributed by atoms with Gasteiger partial charge in [-0.2, -0.15) is 0 Å². The first-order chi connectivity index (χ1) is 10.0. The molecule has 1 amide bonds. The fourth-order valence-electron chi connectivity index (χ4n) is 1.57. The molecule has 1 aromatic heterocycles. The Balaban J connectivity index is 1.71. The van der Waals surface area contributed by atoms with Gasteiger partial charge in [-0.1, -0.05) is 23.1 Å². The van der Waals surface area contributed by atoms with Gasteiger partial charge in [-0.25, -0.2) is 4.39 Å². The second-order valence-electron chi connectivity index (χ2n) is 4.32. The zero-order chi connectivity index (χ0) is 15.2. The van der Waals surface area contributed by atoms with Crippen LogP contribution in [0.5, 0.6) is 0 Å². The molecule has 2 rings (SSSR count). The summed E-state index contributed by atoms with van der Waals surface area (Å²) in [6.07, 6.45) is 1.12. The van der Waals surface area contributed by atoms with E-state index in [0.29, 0.717) is 12.1 Å². The molecule has 21 heavy (non-hydrogen) atoms. The van der Waals surface area contributed by atoms with E-state index in [9.17, 15) is 9.18 Å². The molecule has 1 heterocycles. The molecule has 3 N–H and O–H groups in total. The van der Waals surface area contributed by atoms with Gasteiger partial charge in [0.1, 0.15) is 10.8 Å². The standard InChI is InChI=1S/C13H15FN4OS2/c1-8-17-18-13(21-8)20-6-2-3-12(19)16-9-4-5-10(14)11(15)7-9/h4-5,7H,2-3,6,15H2,1H3,(H,16,19). The van der Waals surface area contributed by atoms with Crippen molar-refractivity contribution in [3.63, 3.8) is 0 Å². The number of amides is 1. The third kappa shape index (κ3) is 4.98. The molecule has 0 saturated heterocycles. The Kier molecular flexibility index (Phi) is 5.51. The summed E-state index contributed by atoms with van der Waals surface area (Å²) in [5.41, 5.74) is 5.97. The van der Waals surface area contributed by atoms with Gasteiger partial charge in [0.2, 0.25) is 5.91 Å². The quantitative estimate of drug-likeness (QED) is 0.484. The zero-order valence-corrected chi connectivity index (χ0v) is 13.1. The molecule has 8 heteroatoms. The summed E-state index contributed by atoms with van der Waals surface area (Å²) in [5.74, 6) is 0.194. The molecule has 0 spiro atoms. The maximum atomic E-state index is 13.0. The number of nitrogen functional groups attached to an aromatic ring is 1. The topological polar surface area (TPSA) is 80.9 Å². The number of aryl methyl sites for hydroxylation is 1. The second-order valence-corrected chi connectivity index (χ2v) is 6.85. The van der Waals surface area contributed by atoms with Gasteiger partial charge in [-0.05, 0) is 31.5 Å². The number of carbonyl (C=O) groups excluding carboxylic acids is 1. The SMILES string of the molecule is Cc1nnc(SCCCC(=O)Nc2ccc(F)c(N)c2)s1. The van der Waals surface area contributed by atoms with Crippen molar-refractivity contribution in [1.29, 1.82) is 0 Å². The van der Waals surface area contributed by atoms with E-state index in [1.54, 1.807) is 23.1 Å². The number of rotatable bonds is 6. The van der Waals surface area contributed by atoms with Gasteiger partial charge in [-0.3, -0.25) is 4.79 Å². The van der Waals surface area contributed by atoms with Crippen LogP contribution in [0.15, 0.2) is 22.5 Å². The largest absolute Gasteiger partial charge is 0.396 e. The molecular weight excluding hydrogens is 311 g/mol. The van der Waals surface area contributed by atoms with Gasteiger partial charge in [-0.15, -0.1) is 10.2 Å². The van der Waals surface area contributed by atoms with Crippen LogP contribution in [0.25, 0.3) is 0 Å². The minimum atomic E-state index is -0.489. The molecule has 0 bridgehead atoms. The van der Waals surface area contributed by atoms with Gasteiger partial charge >= 0.3 is 0 Å². The van der Waals surface area contributed by atoms with Crippen molar-refractivity contribution in [2.45, 2.75) is 24.1 Å². The molecule has 0 unspecified atom stereocenters. The van der Waals surface area contributed by atoms with Gasteiger partial charge in [0.15, 0.2) is 4.34 Å². The van der Waals surface area contributed by atoms with Crippen LogP contribution in [-0.2, 0) is 4.79 Å². The molecule has 5 nitrogen and oxygen atoms in total. The first-order valence-corrected chi connectivity index (χ1v) is 8.12. The molecule has 0 fully saturated rings. The Morgan fingerprint density at radius 1 is 1.48 bits per heavy atom. The number of anilines is 2. The smallest absolute Gasteiger partial charge is 0.224 e. The molecule has 1 aromatic carbocycles. The van der Waals surface area contributed by atoms with Gasteiger partial charge < -0.3 is 11.1 Å². The van der Waals surface area contributed by atoms with Crippen LogP contribution in [0.3, 0.4) is 0 Å². The lowest BCUT2D eigenvalue weighted by Crippen LogP contribution is -2.11. The number of nitrogens with two attached hydrogens (primary N) is 1. The van der Waals surface area contributed by atoms with E-state index in [-0.39, 0.29) is 11.6 Å². The number of benzene rings is 1. The summed E-state index contributed by atoms with van der Waals surface area (Å²) < 4.78 is 13.9. The first-order valence-electron chi connectivity index (χ1n) is 6.32. The molecule has 0 saturated carbocycles. The van der Waals surface area contributed by atoms with E-state index in [4.69, 9.17) is 5.73 Å². The van der Waals surface area contributed by atoms with Crippen LogP contribution < -0.4 is 11.1 Å². The highest BCUT2D eigenvalue weighted by Gasteiger charge is 2.06. The van der Waals surface area contributed by atoms with Crippen molar-refractivity contribution in [2.24, 2.45) is 0 Å². The van der Waals surface area contributed by atoms with E-state index in [1.165, 1.54) is 18.2 Å². The number of nitrogens with one attached hydrogen (secondary N) is 1.